The first kappa shape index (κ1) is 11.6. The summed E-state index contributed by atoms with van der Waals surface area (Å²) >= 11 is 1.48. The van der Waals surface area contributed by atoms with Crippen molar-refractivity contribution >= 4 is 17.2 Å². The molecule has 1 saturated carbocycles. The highest BCUT2D eigenvalue weighted by atomic mass is 32.1. The van der Waals surface area contributed by atoms with Gasteiger partial charge < -0.3 is 9.64 Å². The zero-order valence-electron chi connectivity index (χ0n) is 9.52. The van der Waals surface area contributed by atoms with Gasteiger partial charge in [0.1, 0.15) is 0 Å². The highest BCUT2D eigenvalue weighted by Crippen LogP contribution is 2.28. The molecule has 1 aliphatic rings. The maximum absolute atomic E-state index is 11.8. The van der Waals surface area contributed by atoms with Crippen molar-refractivity contribution in [1.82, 2.24) is 4.90 Å². The van der Waals surface area contributed by atoms with Gasteiger partial charge in [-0.1, -0.05) is 6.07 Å². The Bertz CT molecular complexity index is 333. The molecule has 0 radical (unpaired) electrons. The highest BCUT2D eigenvalue weighted by molar-refractivity contribution is 7.12. The molecule has 0 bridgehead atoms. The van der Waals surface area contributed by atoms with E-state index in [1.54, 1.807) is 4.90 Å². The summed E-state index contributed by atoms with van der Waals surface area (Å²) in [6.45, 7) is 2.18. The van der Waals surface area contributed by atoms with Crippen LogP contribution in [0.1, 0.15) is 22.5 Å². The second-order valence-corrected chi connectivity index (χ2v) is 5.17. The SMILES string of the molecule is CN(CCOCC1CC1)C(=O)c1cccs1. The summed E-state index contributed by atoms with van der Waals surface area (Å²) < 4.78 is 5.51. The first-order valence-corrected chi connectivity index (χ1v) is 6.52. The Morgan fingerprint density at radius 3 is 3.06 bits per heavy atom. The minimum atomic E-state index is 0.0880. The zero-order valence-corrected chi connectivity index (χ0v) is 10.3. The molecule has 0 spiro atoms. The summed E-state index contributed by atoms with van der Waals surface area (Å²) in [6, 6.07) is 3.75. The van der Waals surface area contributed by atoms with Gasteiger partial charge in [0, 0.05) is 20.2 Å². The lowest BCUT2D eigenvalue weighted by Crippen LogP contribution is -2.29. The number of carbonyl (C=O) groups excluding carboxylic acids is 1. The van der Waals surface area contributed by atoms with E-state index in [2.05, 4.69) is 0 Å². The van der Waals surface area contributed by atoms with E-state index in [-0.39, 0.29) is 5.91 Å². The lowest BCUT2D eigenvalue weighted by atomic mass is 10.4. The third-order valence-corrected chi connectivity index (χ3v) is 3.56. The van der Waals surface area contributed by atoms with Gasteiger partial charge in [0.2, 0.25) is 0 Å². The molecule has 0 unspecified atom stereocenters. The molecule has 1 fully saturated rings. The number of rotatable bonds is 6. The van der Waals surface area contributed by atoms with Gasteiger partial charge in [0.25, 0.3) is 5.91 Å². The smallest absolute Gasteiger partial charge is 0.263 e. The lowest BCUT2D eigenvalue weighted by molar-refractivity contribution is 0.0685. The predicted octanol–water partition coefficient (Wildman–Crippen LogP) is 2.25. The van der Waals surface area contributed by atoms with E-state index in [9.17, 15) is 4.79 Å². The van der Waals surface area contributed by atoms with Crippen LogP contribution >= 0.6 is 11.3 Å². The van der Waals surface area contributed by atoms with Crippen molar-refractivity contribution in [1.29, 1.82) is 0 Å². The molecule has 0 aliphatic heterocycles. The van der Waals surface area contributed by atoms with E-state index in [0.717, 1.165) is 17.4 Å². The molecule has 4 heteroatoms. The number of hydrogen-bond acceptors (Lipinski definition) is 3. The van der Waals surface area contributed by atoms with Crippen LogP contribution in [0.4, 0.5) is 0 Å². The number of likely N-dealkylation sites (N-methyl/N-ethyl adjacent to an activating group) is 1. The Labute approximate surface area is 100 Å². The minimum absolute atomic E-state index is 0.0880. The van der Waals surface area contributed by atoms with Crippen LogP contribution in [0, 0.1) is 5.92 Å². The summed E-state index contributed by atoms with van der Waals surface area (Å²) in [7, 11) is 1.82. The fraction of sp³-hybridized carbons (Fsp3) is 0.583. The van der Waals surface area contributed by atoms with Crippen molar-refractivity contribution in [3.63, 3.8) is 0 Å². The van der Waals surface area contributed by atoms with Crippen LogP contribution < -0.4 is 0 Å². The number of amides is 1. The van der Waals surface area contributed by atoms with Gasteiger partial charge >= 0.3 is 0 Å². The maximum Gasteiger partial charge on any atom is 0.263 e. The predicted molar refractivity (Wildman–Crippen MR) is 64.8 cm³/mol. The molecule has 0 atom stereocenters. The van der Waals surface area contributed by atoms with Crippen molar-refractivity contribution in [3.05, 3.63) is 22.4 Å². The third-order valence-electron chi connectivity index (χ3n) is 2.70. The normalized spacial score (nSPS) is 15.1. The highest BCUT2D eigenvalue weighted by Gasteiger charge is 2.21. The van der Waals surface area contributed by atoms with Crippen molar-refractivity contribution in [2.45, 2.75) is 12.8 Å². The summed E-state index contributed by atoms with van der Waals surface area (Å²) in [4.78, 5) is 14.3. The summed E-state index contributed by atoms with van der Waals surface area (Å²) in [6.07, 6.45) is 2.62. The average molecular weight is 239 g/mol. The molecular weight excluding hydrogens is 222 g/mol. The Morgan fingerprint density at radius 2 is 2.44 bits per heavy atom. The largest absolute Gasteiger partial charge is 0.379 e. The first-order chi connectivity index (χ1) is 7.77. The van der Waals surface area contributed by atoms with Crippen molar-refractivity contribution in [2.75, 3.05) is 26.8 Å². The molecule has 1 heterocycles. The molecule has 1 aromatic heterocycles. The third kappa shape index (κ3) is 3.32. The fourth-order valence-electron chi connectivity index (χ4n) is 1.43. The Morgan fingerprint density at radius 1 is 1.62 bits per heavy atom. The molecule has 3 nitrogen and oxygen atoms in total. The van der Waals surface area contributed by atoms with Gasteiger partial charge in [-0.05, 0) is 30.2 Å². The van der Waals surface area contributed by atoms with Crippen molar-refractivity contribution < 1.29 is 9.53 Å². The van der Waals surface area contributed by atoms with Crippen LogP contribution in [0.5, 0.6) is 0 Å². The Hall–Kier alpha value is -0.870. The summed E-state index contributed by atoms with van der Waals surface area (Å²) in [5, 5.41) is 1.92. The topological polar surface area (TPSA) is 29.5 Å². The average Bonchev–Trinajstić information content (AvgIpc) is 2.95. The molecular formula is C12H17NO2S. The van der Waals surface area contributed by atoms with Crippen LogP contribution in [0.3, 0.4) is 0 Å². The molecule has 0 N–H and O–H groups in total. The van der Waals surface area contributed by atoms with Crippen LogP contribution in [-0.2, 0) is 4.74 Å². The number of carbonyl (C=O) groups is 1. The maximum atomic E-state index is 11.8. The Kier molecular flexibility index (Phi) is 3.96. The number of ether oxygens (including phenoxy) is 1. The van der Waals surface area contributed by atoms with Gasteiger partial charge in [-0.2, -0.15) is 0 Å². The fourth-order valence-corrected chi connectivity index (χ4v) is 2.14. The minimum Gasteiger partial charge on any atom is -0.379 e. The van der Waals surface area contributed by atoms with Gasteiger partial charge in [0.15, 0.2) is 0 Å². The number of thiophene rings is 1. The van der Waals surface area contributed by atoms with Gasteiger partial charge in [-0.3, -0.25) is 4.79 Å². The van der Waals surface area contributed by atoms with E-state index in [0.29, 0.717) is 13.2 Å². The van der Waals surface area contributed by atoms with E-state index >= 15 is 0 Å². The number of hydrogen-bond donors (Lipinski definition) is 0. The van der Waals surface area contributed by atoms with Gasteiger partial charge in [0.05, 0.1) is 11.5 Å². The van der Waals surface area contributed by atoms with Gasteiger partial charge in [-0.25, -0.2) is 0 Å². The summed E-state index contributed by atoms with van der Waals surface area (Å²) in [5.41, 5.74) is 0. The molecule has 2 rings (SSSR count). The number of nitrogens with zero attached hydrogens (tertiary/aromatic N) is 1. The second-order valence-electron chi connectivity index (χ2n) is 4.22. The van der Waals surface area contributed by atoms with Crippen molar-refractivity contribution in [3.8, 4) is 0 Å². The second kappa shape index (κ2) is 5.46. The van der Waals surface area contributed by atoms with E-state index in [4.69, 9.17) is 4.74 Å². The quantitative estimate of drug-likeness (QED) is 0.713. The molecule has 1 aromatic rings. The summed E-state index contributed by atoms with van der Waals surface area (Å²) in [5.74, 6) is 0.878. The Balaban J connectivity index is 1.66. The molecule has 1 amide bonds. The van der Waals surface area contributed by atoms with Crippen LogP contribution in [0.15, 0.2) is 17.5 Å². The van der Waals surface area contributed by atoms with E-state index in [1.807, 2.05) is 24.6 Å². The van der Waals surface area contributed by atoms with Crippen LogP contribution in [-0.4, -0.2) is 37.6 Å². The molecule has 0 saturated heterocycles. The standard InChI is InChI=1S/C12H17NO2S/c1-13(6-7-15-9-10-4-5-10)12(14)11-3-2-8-16-11/h2-3,8,10H,4-7,9H2,1H3. The molecule has 88 valence electrons. The van der Waals surface area contributed by atoms with Crippen LogP contribution in [0.2, 0.25) is 0 Å². The van der Waals surface area contributed by atoms with Crippen LogP contribution in [0.25, 0.3) is 0 Å². The van der Waals surface area contributed by atoms with Crippen molar-refractivity contribution in [2.24, 2.45) is 5.92 Å². The zero-order chi connectivity index (χ0) is 11.4. The van der Waals surface area contributed by atoms with E-state index < -0.39 is 0 Å². The van der Waals surface area contributed by atoms with Gasteiger partial charge in [-0.15, -0.1) is 11.3 Å². The molecule has 16 heavy (non-hydrogen) atoms. The molecule has 1 aliphatic carbocycles. The first-order valence-electron chi connectivity index (χ1n) is 5.64. The monoisotopic (exact) mass is 239 g/mol. The molecule has 0 aromatic carbocycles. The van der Waals surface area contributed by atoms with E-state index in [1.165, 1.54) is 24.2 Å². The lowest BCUT2D eigenvalue weighted by Gasteiger charge is -2.16.